The molecule has 2 unspecified atom stereocenters. The first-order valence-electron chi connectivity index (χ1n) is 7.92. The van der Waals surface area contributed by atoms with Crippen molar-refractivity contribution in [3.05, 3.63) is 0 Å². The predicted octanol–water partition coefficient (Wildman–Crippen LogP) is 3.13. The van der Waals surface area contributed by atoms with Crippen molar-refractivity contribution < 1.29 is 0 Å². The van der Waals surface area contributed by atoms with Crippen LogP contribution in [0.1, 0.15) is 52.9 Å². The minimum Gasteiger partial charge on any atom is -0.314 e. The van der Waals surface area contributed by atoms with E-state index in [0.29, 0.717) is 5.41 Å². The van der Waals surface area contributed by atoms with Crippen molar-refractivity contribution in [2.75, 3.05) is 26.7 Å². The van der Waals surface area contributed by atoms with Gasteiger partial charge in [-0.1, -0.05) is 20.8 Å². The van der Waals surface area contributed by atoms with Gasteiger partial charge in [0.2, 0.25) is 0 Å². The average Bonchev–Trinajstić information content (AvgIpc) is 3.05. The smallest absolute Gasteiger partial charge is 0.0108 e. The lowest BCUT2D eigenvalue weighted by atomic mass is 9.69. The molecule has 0 spiro atoms. The Balaban J connectivity index is 1.86. The van der Waals surface area contributed by atoms with Gasteiger partial charge < -0.3 is 10.2 Å². The van der Waals surface area contributed by atoms with Crippen molar-refractivity contribution in [3.8, 4) is 0 Å². The molecule has 2 saturated carbocycles. The van der Waals surface area contributed by atoms with E-state index >= 15 is 0 Å². The van der Waals surface area contributed by atoms with Gasteiger partial charge >= 0.3 is 0 Å². The van der Waals surface area contributed by atoms with Crippen molar-refractivity contribution in [1.29, 1.82) is 0 Å². The second-order valence-corrected chi connectivity index (χ2v) is 7.50. The number of hydrogen-bond donors (Lipinski definition) is 1. The SMILES string of the molecule is CCNC1CCC(C)(C)CC1CN(C)CC1CC1. The van der Waals surface area contributed by atoms with E-state index in [9.17, 15) is 0 Å². The Kier molecular flexibility index (Phi) is 4.71. The summed E-state index contributed by atoms with van der Waals surface area (Å²) in [5.41, 5.74) is 0.553. The van der Waals surface area contributed by atoms with E-state index in [1.54, 1.807) is 0 Å². The molecular weight excluding hydrogens is 220 g/mol. The largest absolute Gasteiger partial charge is 0.314 e. The Morgan fingerprint density at radius 2 is 1.89 bits per heavy atom. The fourth-order valence-corrected chi connectivity index (χ4v) is 3.67. The predicted molar refractivity (Wildman–Crippen MR) is 78.8 cm³/mol. The third kappa shape index (κ3) is 4.24. The van der Waals surface area contributed by atoms with Crippen LogP contribution in [0.2, 0.25) is 0 Å². The average molecular weight is 252 g/mol. The lowest BCUT2D eigenvalue weighted by Gasteiger charge is -2.42. The molecule has 0 saturated heterocycles. The highest BCUT2D eigenvalue weighted by atomic mass is 15.1. The van der Waals surface area contributed by atoms with Gasteiger partial charge in [-0.15, -0.1) is 0 Å². The maximum Gasteiger partial charge on any atom is 0.0108 e. The minimum atomic E-state index is 0.553. The third-order valence-electron chi connectivity index (χ3n) is 4.80. The van der Waals surface area contributed by atoms with E-state index in [0.717, 1.165) is 24.4 Å². The third-order valence-corrected chi connectivity index (χ3v) is 4.80. The van der Waals surface area contributed by atoms with E-state index in [1.807, 2.05) is 0 Å². The fraction of sp³-hybridized carbons (Fsp3) is 1.00. The zero-order valence-corrected chi connectivity index (χ0v) is 12.8. The van der Waals surface area contributed by atoms with Crippen molar-refractivity contribution >= 4 is 0 Å². The molecule has 1 N–H and O–H groups in total. The first kappa shape index (κ1) is 14.3. The zero-order valence-electron chi connectivity index (χ0n) is 12.8. The molecule has 2 rings (SSSR count). The van der Waals surface area contributed by atoms with Crippen molar-refractivity contribution in [2.24, 2.45) is 17.3 Å². The highest BCUT2D eigenvalue weighted by molar-refractivity contribution is 4.90. The molecule has 106 valence electrons. The molecule has 2 fully saturated rings. The van der Waals surface area contributed by atoms with E-state index in [2.05, 4.69) is 38.0 Å². The summed E-state index contributed by atoms with van der Waals surface area (Å²) in [6.07, 6.45) is 7.07. The molecule has 0 bridgehead atoms. The Labute approximate surface area is 114 Å². The molecule has 2 nitrogen and oxygen atoms in total. The normalized spacial score (nSPS) is 31.8. The Hall–Kier alpha value is -0.0800. The van der Waals surface area contributed by atoms with E-state index in [-0.39, 0.29) is 0 Å². The highest BCUT2D eigenvalue weighted by Gasteiger charge is 2.35. The molecule has 2 aliphatic rings. The first-order valence-corrected chi connectivity index (χ1v) is 7.92. The van der Waals surface area contributed by atoms with Gasteiger partial charge in [0.15, 0.2) is 0 Å². The summed E-state index contributed by atoms with van der Waals surface area (Å²) in [6, 6.07) is 0.754. The lowest BCUT2D eigenvalue weighted by Crippen LogP contribution is -2.47. The summed E-state index contributed by atoms with van der Waals surface area (Å²) >= 11 is 0. The summed E-state index contributed by atoms with van der Waals surface area (Å²) in [5, 5.41) is 3.72. The van der Waals surface area contributed by atoms with Gasteiger partial charge in [0.05, 0.1) is 0 Å². The molecule has 18 heavy (non-hydrogen) atoms. The quantitative estimate of drug-likeness (QED) is 0.781. The summed E-state index contributed by atoms with van der Waals surface area (Å²) in [5.74, 6) is 1.86. The minimum absolute atomic E-state index is 0.553. The second-order valence-electron chi connectivity index (χ2n) is 7.50. The first-order chi connectivity index (χ1) is 8.50. The maximum atomic E-state index is 3.72. The van der Waals surface area contributed by atoms with Crippen LogP contribution >= 0.6 is 0 Å². The van der Waals surface area contributed by atoms with Gasteiger partial charge in [0.1, 0.15) is 0 Å². The molecule has 0 aromatic carbocycles. The van der Waals surface area contributed by atoms with Crippen LogP contribution < -0.4 is 5.32 Å². The van der Waals surface area contributed by atoms with Crippen molar-refractivity contribution in [1.82, 2.24) is 10.2 Å². The molecule has 0 aromatic heterocycles. The molecule has 0 amide bonds. The molecule has 0 radical (unpaired) electrons. The summed E-state index contributed by atoms with van der Waals surface area (Å²) in [4.78, 5) is 2.59. The van der Waals surface area contributed by atoms with Crippen LogP contribution in [-0.4, -0.2) is 37.6 Å². The van der Waals surface area contributed by atoms with E-state index in [1.165, 1.54) is 45.2 Å². The van der Waals surface area contributed by atoms with Gasteiger partial charge in [-0.3, -0.25) is 0 Å². The number of nitrogens with one attached hydrogen (secondary N) is 1. The van der Waals surface area contributed by atoms with E-state index < -0.39 is 0 Å². The van der Waals surface area contributed by atoms with Gasteiger partial charge in [-0.25, -0.2) is 0 Å². The van der Waals surface area contributed by atoms with Crippen LogP contribution in [-0.2, 0) is 0 Å². The van der Waals surface area contributed by atoms with Gasteiger partial charge in [-0.2, -0.15) is 0 Å². The van der Waals surface area contributed by atoms with Crippen molar-refractivity contribution in [2.45, 2.75) is 58.9 Å². The van der Waals surface area contributed by atoms with Gasteiger partial charge in [0, 0.05) is 19.1 Å². The molecule has 2 heteroatoms. The Morgan fingerprint density at radius 1 is 1.17 bits per heavy atom. The Bertz CT molecular complexity index is 258. The summed E-state index contributed by atoms with van der Waals surface area (Å²) < 4.78 is 0. The second kappa shape index (κ2) is 5.92. The summed E-state index contributed by atoms with van der Waals surface area (Å²) in [7, 11) is 2.32. The zero-order chi connectivity index (χ0) is 13.2. The number of hydrogen-bond acceptors (Lipinski definition) is 2. The van der Waals surface area contributed by atoms with Gasteiger partial charge in [0.25, 0.3) is 0 Å². The monoisotopic (exact) mass is 252 g/mol. The van der Waals surface area contributed by atoms with E-state index in [4.69, 9.17) is 0 Å². The highest BCUT2D eigenvalue weighted by Crippen LogP contribution is 2.39. The lowest BCUT2D eigenvalue weighted by molar-refractivity contribution is 0.108. The number of nitrogens with zero attached hydrogens (tertiary/aromatic N) is 1. The van der Waals surface area contributed by atoms with Crippen LogP contribution in [0.3, 0.4) is 0 Å². The maximum absolute atomic E-state index is 3.72. The van der Waals surface area contributed by atoms with Crippen molar-refractivity contribution in [3.63, 3.8) is 0 Å². The molecule has 0 aliphatic heterocycles. The van der Waals surface area contributed by atoms with Crippen LogP contribution in [0.15, 0.2) is 0 Å². The van der Waals surface area contributed by atoms with Gasteiger partial charge in [-0.05, 0) is 62.9 Å². The molecule has 0 heterocycles. The number of rotatable bonds is 6. The molecule has 2 atom stereocenters. The van der Waals surface area contributed by atoms with Crippen LogP contribution in [0.4, 0.5) is 0 Å². The van der Waals surface area contributed by atoms with Crippen LogP contribution in [0.5, 0.6) is 0 Å². The Morgan fingerprint density at radius 3 is 2.50 bits per heavy atom. The molecule has 2 aliphatic carbocycles. The fourth-order valence-electron chi connectivity index (χ4n) is 3.67. The summed E-state index contributed by atoms with van der Waals surface area (Å²) in [6.45, 7) is 10.9. The molecular formula is C16H32N2. The topological polar surface area (TPSA) is 15.3 Å². The van der Waals surface area contributed by atoms with Crippen LogP contribution in [0, 0.1) is 17.3 Å². The molecule has 0 aromatic rings. The standard InChI is InChI=1S/C16H32N2/c1-5-17-15-8-9-16(2,3)10-14(15)12-18(4)11-13-6-7-13/h13-15,17H,5-12H2,1-4H3. The van der Waals surface area contributed by atoms with Crippen LogP contribution in [0.25, 0.3) is 0 Å².